The standard InChI is InChI=1S/C16H29NO4/c1-11(2)7-10-21-13(4)14(18)17-16(15(19)20)8-5-12(3)6-9-16/h11-13H,5-10H2,1-4H3,(H,17,18)(H,19,20). The van der Waals surface area contributed by atoms with Crippen molar-refractivity contribution in [1.82, 2.24) is 5.32 Å². The molecule has 0 heterocycles. The molecule has 0 spiro atoms. The van der Waals surface area contributed by atoms with Crippen LogP contribution in [0, 0.1) is 11.8 Å². The van der Waals surface area contributed by atoms with E-state index in [4.69, 9.17) is 4.74 Å². The molecular formula is C16H29NO4. The van der Waals surface area contributed by atoms with Crippen molar-refractivity contribution in [1.29, 1.82) is 0 Å². The van der Waals surface area contributed by atoms with Crippen LogP contribution in [-0.2, 0) is 14.3 Å². The van der Waals surface area contributed by atoms with Crippen LogP contribution in [0.1, 0.15) is 59.8 Å². The van der Waals surface area contributed by atoms with Crippen LogP contribution >= 0.6 is 0 Å². The van der Waals surface area contributed by atoms with Crippen molar-refractivity contribution < 1.29 is 19.4 Å². The molecule has 1 rings (SSSR count). The van der Waals surface area contributed by atoms with E-state index in [1.807, 2.05) is 0 Å². The fraction of sp³-hybridized carbons (Fsp3) is 0.875. The molecule has 1 unspecified atom stereocenters. The summed E-state index contributed by atoms with van der Waals surface area (Å²) in [4.78, 5) is 23.8. The van der Waals surface area contributed by atoms with Gasteiger partial charge in [0, 0.05) is 6.61 Å². The largest absolute Gasteiger partial charge is 0.480 e. The molecule has 5 heteroatoms. The third-order valence-corrected chi connectivity index (χ3v) is 4.33. The molecule has 122 valence electrons. The van der Waals surface area contributed by atoms with Crippen molar-refractivity contribution in [3.63, 3.8) is 0 Å². The van der Waals surface area contributed by atoms with E-state index in [2.05, 4.69) is 26.1 Å². The van der Waals surface area contributed by atoms with Crippen LogP contribution < -0.4 is 5.32 Å². The highest BCUT2D eigenvalue weighted by Crippen LogP contribution is 2.32. The van der Waals surface area contributed by atoms with Gasteiger partial charge in [-0.2, -0.15) is 0 Å². The lowest BCUT2D eigenvalue weighted by Crippen LogP contribution is -2.58. The number of aliphatic carboxylic acids is 1. The zero-order valence-electron chi connectivity index (χ0n) is 13.6. The number of carboxylic acid groups (broad SMARTS) is 1. The summed E-state index contributed by atoms with van der Waals surface area (Å²) in [5.41, 5.74) is -1.11. The van der Waals surface area contributed by atoms with Gasteiger partial charge in [0.25, 0.3) is 0 Å². The van der Waals surface area contributed by atoms with Gasteiger partial charge in [-0.25, -0.2) is 4.79 Å². The molecule has 21 heavy (non-hydrogen) atoms. The second-order valence-electron chi connectivity index (χ2n) is 6.75. The van der Waals surface area contributed by atoms with E-state index in [1.54, 1.807) is 6.92 Å². The second kappa shape index (κ2) is 7.78. The Morgan fingerprint density at radius 3 is 2.33 bits per heavy atom. The highest BCUT2D eigenvalue weighted by Gasteiger charge is 2.43. The number of nitrogens with one attached hydrogen (secondary N) is 1. The number of carboxylic acids is 1. The predicted octanol–water partition coefficient (Wildman–Crippen LogP) is 2.59. The summed E-state index contributed by atoms with van der Waals surface area (Å²) in [6.45, 7) is 8.50. The van der Waals surface area contributed by atoms with Gasteiger partial charge in [-0.15, -0.1) is 0 Å². The maximum absolute atomic E-state index is 12.2. The maximum atomic E-state index is 12.2. The van der Waals surface area contributed by atoms with Gasteiger partial charge in [0.05, 0.1) is 0 Å². The SMILES string of the molecule is CC(C)CCOC(C)C(=O)NC1(C(=O)O)CCC(C)CC1. The van der Waals surface area contributed by atoms with Crippen LogP contribution in [0.15, 0.2) is 0 Å². The summed E-state index contributed by atoms with van der Waals surface area (Å²) in [5, 5.41) is 12.2. The average molecular weight is 299 g/mol. The summed E-state index contributed by atoms with van der Waals surface area (Å²) in [6, 6.07) is 0. The smallest absolute Gasteiger partial charge is 0.329 e. The highest BCUT2D eigenvalue weighted by atomic mass is 16.5. The molecule has 1 aliphatic carbocycles. The molecule has 1 amide bonds. The molecule has 0 aromatic rings. The summed E-state index contributed by atoms with van der Waals surface area (Å²) >= 11 is 0. The molecule has 1 saturated carbocycles. The van der Waals surface area contributed by atoms with Crippen molar-refractivity contribution in [3.05, 3.63) is 0 Å². The summed E-state index contributed by atoms with van der Waals surface area (Å²) < 4.78 is 5.50. The van der Waals surface area contributed by atoms with E-state index in [0.717, 1.165) is 19.3 Å². The summed E-state index contributed by atoms with van der Waals surface area (Å²) in [7, 11) is 0. The van der Waals surface area contributed by atoms with Crippen molar-refractivity contribution in [2.45, 2.75) is 71.4 Å². The minimum Gasteiger partial charge on any atom is -0.480 e. The lowest BCUT2D eigenvalue weighted by molar-refractivity contribution is -0.151. The van der Waals surface area contributed by atoms with Gasteiger partial charge in [0.1, 0.15) is 11.6 Å². The summed E-state index contributed by atoms with van der Waals surface area (Å²) in [6.07, 6.45) is 2.92. The Morgan fingerprint density at radius 2 is 1.86 bits per heavy atom. The average Bonchev–Trinajstić information content (AvgIpc) is 2.40. The van der Waals surface area contributed by atoms with Crippen molar-refractivity contribution in [2.75, 3.05) is 6.61 Å². The first-order valence-corrected chi connectivity index (χ1v) is 7.94. The van der Waals surface area contributed by atoms with E-state index >= 15 is 0 Å². The Balaban J connectivity index is 2.55. The molecule has 0 bridgehead atoms. The van der Waals surface area contributed by atoms with E-state index in [-0.39, 0.29) is 5.91 Å². The molecular weight excluding hydrogens is 270 g/mol. The topological polar surface area (TPSA) is 75.6 Å². The third-order valence-electron chi connectivity index (χ3n) is 4.33. The first-order valence-electron chi connectivity index (χ1n) is 7.94. The van der Waals surface area contributed by atoms with Gasteiger partial charge in [-0.05, 0) is 50.9 Å². The van der Waals surface area contributed by atoms with Gasteiger partial charge in [0.15, 0.2) is 0 Å². The minimum atomic E-state index is -1.11. The van der Waals surface area contributed by atoms with E-state index in [0.29, 0.717) is 31.3 Å². The van der Waals surface area contributed by atoms with Gasteiger partial charge >= 0.3 is 5.97 Å². The fourth-order valence-corrected chi connectivity index (χ4v) is 2.54. The Hall–Kier alpha value is -1.10. The third kappa shape index (κ3) is 5.30. The monoisotopic (exact) mass is 299 g/mol. The molecule has 0 aliphatic heterocycles. The van der Waals surface area contributed by atoms with Crippen LogP contribution in [0.3, 0.4) is 0 Å². The van der Waals surface area contributed by atoms with Crippen LogP contribution in [-0.4, -0.2) is 35.2 Å². The summed E-state index contributed by atoms with van der Waals surface area (Å²) in [5.74, 6) is -0.215. The normalized spacial score (nSPS) is 27.4. The zero-order valence-corrected chi connectivity index (χ0v) is 13.6. The number of amides is 1. The van der Waals surface area contributed by atoms with Gasteiger partial charge in [-0.1, -0.05) is 20.8 Å². The Labute approximate surface area is 127 Å². The number of rotatable bonds is 7. The number of hydrogen-bond acceptors (Lipinski definition) is 3. The van der Waals surface area contributed by atoms with Crippen LogP contribution in [0.4, 0.5) is 0 Å². The van der Waals surface area contributed by atoms with Crippen molar-refractivity contribution >= 4 is 11.9 Å². The van der Waals surface area contributed by atoms with Crippen molar-refractivity contribution in [2.24, 2.45) is 11.8 Å². The van der Waals surface area contributed by atoms with Crippen molar-refractivity contribution in [3.8, 4) is 0 Å². The van der Waals surface area contributed by atoms with Crippen LogP contribution in [0.25, 0.3) is 0 Å². The van der Waals surface area contributed by atoms with Gasteiger partial charge < -0.3 is 15.2 Å². The molecule has 5 nitrogen and oxygen atoms in total. The molecule has 0 radical (unpaired) electrons. The van der Waals surface area contributed by atoms with E-state index in [9.17, 15) is 14.7 Å². The first kappa shape index (κ1) is 18.0. The lowest BCUT2D eigenvalue weighted by atomic mass is 9.77. The Bertz CT molecular complexity index is 359. The molecule has 0 aromatic heterocycles. The van der Waals surface area contributed by atoms with Crippen LogP contribution in [0.2, 0.25) is 0 Å². The highest BCUT2D eigenvalue weighted by molar-refractivity contribution is 5.89. The molecule has 0 aromatic carbocycles. The Morgan fingerprint density at radius 1 is 1.29 bits per heavy atom. The molecule has 2 N–H and O–H groups in total. The first-order chi connectivity index (χ1) is 9.77. The number of ether oxygens (including phenoxy) is 1. The predicted molar refractivity (Wildman–Crippen MR) is 81.0 cm³/mol. The number of hydrogen-bond donors (Lipinski definition) is 2. The van der Waals surface area contributed by atoms with Crippen LogP contribution in [0.5, 0.6) is 0 Å². The number of carbonyl (C=O) groups excluding carboxylic acids is 1. The molecule has 0 saturated heterocycles. The zero-order chi connectivity index (χ0) is 16.0. The van der Waals surface area contributed by atoms with E-state index < -0.39 is 17.6 Å². The molecule has 1 aliphatic rings. The minimum absolute atomic E-state index is 0.323. The molecule has 1 fully saturated rings. The molecule has 1 atom stereocenters. The maximum Gasteiger partial charge on any atom is 0.329 e. The number of carbonyl (C=O) groups is 2. The second-order valence-corrected chi connectivity index (χ2v) is 6.75. The Kier molecular flexibility index (Phi) is 6.65. The lowest BCUT2D eigenvalue weighted by Gasteiger charge is -2.37. The fourth-order valence-electron chi connectivity index (χ4n) is 2.54. The quantitative estimate of drug-likeness (QED) is 0.757. The van der Waals surface area contributed by atoms with E-state index in [1.165, 1.54) is 0 Å². The van der Waals surface area contributed by atoms with Gasteiger partial charge in [-0.3, -0.25) is 4.79 Å². The van der Waals surface area contributed by atoms with Gasteiger partial charge in [0.2, 0.25) is 5.91 Å².